The van der Waals surface area contributed by atoms with Gasteiger partial charge in [-0.05, 0) is 30.0 Å². The van der Waals surface area contributed by atoms with Crippen LogP contribution in [0.15, 0.2) is 24.3 Å². The van der Waals surface area contributed by atoms with Crippen molar-refractivity contribution in [3.8, 4) is 6.07 Å². The molecule has 1 rings (SSSR count). The van der Waals surface area contributed by atoms with Crippen molar-refractivity contribution in [3.05, 3.63) is 35.4 Å². The summed E-state index contributed by atoms with van der Waals surface area (Å²) in [5.74, 6) is 0.398. The van der Waals surface area contributed by atoms with Gasteiger partial charge in [-0.1, -0.05) is 32.9 Å². The summed E-state index contributed by atoms with van der Waals surface area (Å²) in [5.41, 5.74) is 7.67. The lowest BCUT2D eigenvalue weighted by atomic mass is 10.0. The number of nitrogens with two attached hydrogens (primary N) is 1. The smallest absolute Gasteiger partial charge is 0.224 e. The summed E-state index contributed by atoms with van der Waals surface area (Å²) in [6.07, 6.45) is 1.30. The van der Waals surface area contributed by atoms with Crippen LogP contribution in [0, 0.1) is 17.2 Å². The zero-order valence-corrected chi connectivity index (χ0v) is 13.2. The van der Waals surface area contributed by atoms with Gasteiger partial charge in [0.2, 0.25) is 5.91 Å². The molecule has 1 unspecified atom stereocenters. The minimum Gasteiger partial charge on any atom is -0.338 e. The Balaban J connectivity index is 2.72. The highest BCUT2D eigenvalue weighted by Crippen LogP contribution is 2.11. The van der Waals surface area contributed by atoms with Gasteiger partial charge in [0.05, 0.1) is 11.6 Å². The van der Waals surface area contributed by atoms with Gasteiger partial charge < -0.3 is 10.6 Å². The van der Waals surface area contributed by atoms with Gasteiger partial charge in [0.25, 0.3) is 0 Å². The lowest BCUT2D eigenvalue weighted by Crippen LogP contribution is -2.38. The Hall–Kier alpha value is -1.86. The van der Waals surface area contributed by atoms with Gasteiger partial charge in [-0.25, -0.2) is 0 Å². The highest BCUT2D eigenvalue weighted by Gasteiger charge is 2.18. The van der Waals surface area contributed by atoms with E-state index in [0.717, 1.165) is 18.5 Å². The molecule has 0 spiro atoms. The zero-order valence-electron chi connectivity index (χ0n) is 13.2. The first-order chi connectivity index (χ1) is 9.97. The minimum atomic E-state index is -0.0992. The normalized spacial score (nSPS) is 12.0. The molecule has 21 heavy (non-hydrogen) atoms. The third-order valence-corrected chi connectivity index (χ3v) is 3.57. The largest absolute Gasteiger partial charge is 0.338 e. The Labute approximate surface area is 127 Å². The quantitative estimate of drug-likeness (QED) is 0.838. The standard InChI is InChI=1S/C17H25N3O/c1-4-9-20(17(21)10-16(19)13(2)3)12-15-7-5-14(11-18)6-8-15/h5-8,13,16H,4,9-10,12,19H2,1-3H3. The molecule has 1 aromatic rings. The molecule has 0 aliphatic carbocycles. The van der Waals surface area contributed by atoms with Crippen LogP contribution < -0.4 is 5.73 Å². The van der Waals surface area contributed by atoms with Crippen LogP contribution in [0.1, 0.15) is 44.7 Å². The molecule has 0 aliphatic rings. The van der Waals surface area contributed by atoms with E-state index in [9.17, 15) is 4.79 Å². The van der Waals surface area contributed by atoms with Gasteiger partial charge in [0.15, 0.2) is 0 Å². The number of carbonyl (C=O) groups excluding carboxylic acids is 1. The molecule has 0 saturated carbocycles. The Morgan fingerprint density at radius 2 is 1.95 bits per heavy atom. The number of nitriles is 1. The Kier molecular flexibility index (Phi) is 6.90. The van der Waals surface area contributed by atoms with Crippen LogP contribution in [-0.2, 0) is 11.3 Å². The molecule has 1 amide bonds. The maximum atomic E-state index is 12.4. The highest BCUT2D eigenvalue weighted by atomic mass is 16.2. The predicted octanol–water partition coefficient (Wildman–Crippen LogP) is 2.67. The van der Waals surface area contributed by atoms with Gasteiger partial charge in [0.1, 0.15) is 0 Å². The highest BCUT2D eigenvalue weighted by molar-refractivity contribution is 5.76. The second-order valence-electron chi connectivity index (χ2n) is 5.74. The van der Waals surface area contributed by atoms with Gasteiger partial charge >= 0.3 is 0 Å². The molecule has 0 fully saturated rings. The van der Waals surface area contributed by atoms with Crippen LogP contribution in [0.3, 0.4) is 0 Å². The van der Waals surface area contributed by atoms with Crippen molar-refractivity contribution in [1.29, 1.82) is 5.26 Å². The maximum Gasteiger partial charge on any atom is 0.224 e. The van der Waals surface area contributed by atoms with Crippen LogP contribution in [0.4, 0.5) is 0 Å². The molecular formula is C17H25N3O. The predicted molar refractivity (Wildman–Crippen MR) is 84.3 cm³/mol. The SMILES string of the molecule is CCCN(Cc1ccc(C#N)cc1)C(=O)CC(N)C(C)C. The summed E-state index contributed by atoms with van der Waals surface area (Å²) in [4.78, 5) is 14.2. The van der Waals surface area contributed by atoms with Crippen LogP contribution in [0.2, 0.25) is 0 Å². The van der Waals surface area contributed by atoms with Gasteiger partial charge in [-0.2, -0.15) is 5.26 Å². The van der Waals surface area contributed by atoms with E-state index in [1.54, 1.807) is 12.1 Å². The van der Waals surface area contributed by atoms with Crippen molar-refractivity contribution in [1.82, 2.24) is 4.90 Å². The molecule has 4 heteroatoms. The van der Waals surface area contributed by atoms with Crippen LogP contribution in [0.5, 0.6) is 0 Å². The fraction of sp³-hybridized carbons (Fsp3) is 0.529. The number of rotatable bonds is 7. The average Bonchev–Trinajstić information content (AvgIpc) is 2.47. The fourth-order valence-electron chi connectivity index (χ4n) is 2.03. The molecule has 0 bridgehead atoms. The Morgan fingerprint density at radius 3 is 2.43 bits per heavy atom. The van der Waals surface area contributed by atoms with Crippen molar-refractivity contribution in [2.75, 3.05) is 6.54 Å². The van der Waals surface area contributed by atoms with E-state index in [4.69, 9.17) is 11.0 Å². The van der Waals surface area contributed by atoms with Crippen molar-refractivity contribution >= 4 is 5.91 Å². The lowest BCUT2D eigenvalue weighted by Gasteiger charge is -2.25. The first-order valence-corrected chi connectivity index (χ1v) is 7.50. The van der Waals surface area contributed by atoms with Crippen molar-refractivity contribution in [3.63, 3.8) is 0 Å². The summed E-state index contributed by atoms with van der Waals surface area (Å²) >= 11 is 0. The monoisotopic (exact) mass is 287 g/mol. The maximum absolute atomic E-state index is 12.4. The van der Waals surface area contributed by atoms with E-state index < -0.39 is 0 Å². The molecule has 0 aliphatic heterocycles. The van der Waals surface area contributed by atoms with E-state index in [2.05, 4.69) is 13.0 Å². The van der Waals surface area contributed by atoms with E-state index in [0.29, 0.717) is 24.4 Å². The molecule has 0 saturated heterocycles. The topological polar surface area (TPSA) is 70.1 Å². The average molecular weight is 287 g/mol. The van der Waals surface area contributed by atoms with Gasteiger partial charge in [0, 0.05) is 25.6 Å². The van der Waals surface area contributed by atoms with Crippen molar-refractivity contribution in [2.24, 2.45) is 11.7 Å². The number of carbonyl (C=O) groups is 1. The van der Waals surface area contributed by atoms with E-state index in [1.807, 2.05) is 30.9 Å². The number of nitrogens with zero attached hydrogens (tertiary/aromatic N) is 2. The summed E-state index contributed by atoms with van der Waals surface area (Å²) < 4.78 is 0. The molecule has 114 valence electrons. The molecule has 2 N–H and O–H groups in total. The minimum absolute atomic E-state index is 0.0992. The summed E-state index contributed by atoms with van der Waals surface area (Å²) in [6.45, 7) is 7.42. The lowest BCUT2D eigenvalue weighted by molar-refractivity contribution is -0.132. The Bertz CT molecular complexity index is 488. The van der Waals surface area contributed by atoms with Crippen LogP contribution in [0.25, 0.3) is 0 Å². The summed E-state index contributed by atoms with van der Waals surface area (Å²) in [5, 5.41) is 8.81. The number of hydrogen-bond acceptors (Lipinski definition) is 3. The third-order valence-electron chi connectivity index (χ3n) is 3.57. The van der Waals surface area contributed by atoms with Gasteiger partial charge in [-0.15, -0.1) is 0 Å². The molecule has 0 radical (unpaired) electrons. The molecule has 0 aromatic heterocycles. The van der Waals surface area contributed by atoms with E-state index in [1.165, 1.54) is 0 Å². The number of amides is 1. The summed E-state index contributed by atoms with van der Waals surface area (Å²) in [7, 11) is 0. The summed E-state index contributed by atoms with van der Waals surface area (Å²) in [6, 6.07) is 9.36. The molecule has 1 aromatic carbocycles. The molecular weight excluding hydrogens is 262 g/mol. The first-order valence-electron chi connectivity index (χ1n) is 7.50. The van der Waals surface area contributed by atoms with Gasteiger partial charge in [-0.3, -0.25) is 4.79 Å². The molecule has 4 nitrogen and oxygen atoms in total. The third kappa shape index (κ3) is 5.57. The van der Waals surface area contributed by atoms with Crippen molar-refractivity contribution < 1.29 is 4.79 Å². The number of hydrogen-bond donors (Lipinski definition) is 1. The van der Waals surface area contributed by atoms with E-state index in [-0.39, 0.29) is 11.9 Å². The zero-order chi connectivity index (χ0) is 15.8. The number of benzene rings is 1. The Morgan fingerprint density at radius 1 is 1.33 bits per heavy atom. The first kappa shape index (κ1) is 17.2. The molecule has 1 atom stereocenters. The van der Waals surface area contributed by atoms with Crippen molar-refractivity contribution in [2.45, 2.75) is 46.2 Å². The van der Waals surface area contributed by atoms with Crippen LogP contribution >= 0.6 is 0 Å². The molecule has 0 heterocycles. The fourth-order valence-corrected chi connectivity index (χ4v) is 2.03. The second kappa shape index (κ2) is 8.43. The van der Waals surface area contributed by atoms with Crippen LogP contribution in [-0.4, -0.2) is 23.4 Å². The second-order valence-corrected chi connectivity index (χ2v) is 5.74. The van der Waals surface area contributed by atoms with E-state index >= 15 is 0 Å².